The van der Waals surface area contributed by atoms with Gasteiger partial charge in [-0.25, -0.2) is 30.0 Å². The quantitative estimate of drug-likeness (QED) is 0.422. The van der Waals surface area contributed by atoms with Crippen molar-refractivity contribution in [3.05, 3.63) is 118 Å². The third-order valence-electron chi connectivity index (χ3n) is 5.61. The van der Waals surface area contributed by atoms with Crippen LogP contribution in [0.25, 0.3) is 9.69 Å². The number of hydrogen-bond donors (Lipinski definition) is 0. The van der Waals surface area contributed by atoms with Gasteiger partial charge >= 0.3 is 10.7 Å². The Kier molecular flexibility index (Phi) is 7.56. The highest BCUT2D eigenvalue weighted by atomic mass is 32.2. The third-order valence-corrected chi connectivity index (χ3v) is 9.45. The molecule has 6 nitrogen and oxygen atoms in total. The number of benzene rings is 3. The summed E-state index contributed by atoms with van der Waals surface area (Å²) in [6.45, 7) is 18.8. The first-order valence-electron chi connectivity index (χ1n) is 10.5. The second-order valence-electron chi connectivity index (χ2n) is 8.06. The van der Waals surface area contributed by atoms with E-state index in [1.54, 1.807) is 48.5 Å². The van der Waals surface area contributed by atoms with E-state index < -0.39 is 30.4 Å². The van der Waals surface area contributed by atoms with E-state index in [1.807, 2.05) is 13.8 Å². The SMILES string of the molecule is [C-]#[N+]C(Cc1ccccc1CC([N+]#[C-])S(=O)(=O)c1ccc(C)cc1)S(=O)(=O)c1ccc(C)cc1. The predicted octanol–water partition coefficient (Wildman–Crippen LogP) is 4.83. The number of nitrogens with zero attached hydrogens (tertiary/aromatic N) is 2. The molecule has 0 bridgehead atoms. The summed E-state index contributed by atoms with van der Waals surface area (Å²) in [7, 11) is -7.85. The predicted molar refractivity (Wildman–Crippen MR) is 131 cm³/mol. The maximum absolute atomic E-state index is 13.1. The maximum atomic E-state index is 13.1. The van der Waals surface area contributed by atoms with Crippen molar-refractivity contribution in [1.29, 1.82) is 0 Å². The molecule has 0 fully saturated rings. The van der Waals surface area contributed by atoms with Gasteiger partial charge in [0.1, 0.15) is 0 Å². The van der Waals surface area contributed by atoms with Gasteiger partial charge < -0.3 is 0 Å². The van der Waals surface area contributed by atoms with Crippen LogP contribution in [0.4, 0.5) is 0 Å². The monoisotopic (exact) mass is 492 g/mol. The molecule has 0 aliphatic rings. The average Bonchev–Trinajstić information content (AvgIpc) is 2.82. The zero-order valence-corrected chi connectivity index (χ0v) is 20.5. The molecule has 2 unspecified atom stereocenters. The molecular weight excluding hydrogens is 468 g/mol. The van der Waals surface area contributed by atoms with E-state index in [0.29, 0.717) is 11.1 Å². The largest absolute Gasteiger partial charge is 0.329 e. The highest BCUT2D eigenvalue weighted by Gasteiger charge is 2.36. The third kappa shape index (κ3) is 5.36. The number of hydrogen-bond acceptors (Lipinski definition) is 4. The van der Waals surface area contributed by atoms with Crippen molar-refractivity contribution in [1.82, 2.24) is 0 Å². The topological polar surface area (TPSA) is 77.0 Å². The van der Waals surface area contributed by atoms with Crippen LogP contribution in [0.2, 0.25) is 0 Å². The molecule has 0 radical (unpaired) electrons. The van der Waals surface area contributed by atoms with Crippen LogP contribution in [0.1, 0.15) is 22.3 Å². The van der Waals surface area contributed by atoms with Crippen LogP contribution in [0.5, 0.6) is 0 Å². The standard InChI is InChI=1S/C26H24N2O4S2/c1-19-9-13-23(14-10-19)33(29,30)25(27-3)17-21-7-5-6-8-22(21)18-26(28-4)34(31,32)24-15-11-20(2)12-16-24/h5-16,25-26H,17-18H2,1-2H3. The minimum absolute atomic E-state index is 0.0672. The lowest BCUT2D eigenvalue weighted by atomic mass is 10.0. The summed E-state index contributed by atoms with van der Waals surface area (Å²) in [5.74, 6) is 0. The van der Waals surface area contributed by atoms with Gasteiger partial charge in [-0.2, -0.15) is 0 Å². The Hall–Kier alpha value is -3.46. The average molecular weight is 493 g/mol. The van der Waals surface area contributed by atoms with E-state index in [4.69, 9.17) is 13.1 Å². The number of sulfone groups is 2. The van der Waals surface area contributed by atoms with Crippen molar-refractivity contribution in [2.24, 2.45) is 0 Å². The lowest BCUT2D eigenvalue weighted by Gasteiger charge is -2.13. The Morgan fingerprint density at radius 1 is 0.618 bits per heavy atom. The molecule has 34 heavy (non-hydrogen) atoms. The lowest BCUT2D eigenvalue weighted by molar-refractivity contribution is 0.584. The van der Waals surface area contributed by atoms with Gasteiger partial charge in [-0.15, -0.1) is 0 Å². The lowest BCUT2D eigenvalue weighted by Crippen LogP contribution is -2.23. The maximum Gasteiger partial charge on any atom is 0.329 e. The molecule has 3 aromatic rings. The fourth-order valence-electron chi connectivity index (χ4n) is 3.55. The molecule has 0 aliphatic carbocycles. The van der Waals surface area contributed by atoms with E-state index in [0.717, 1.165) is 11.1 Å². The second kappa shape index (κ2) is 10.2. The zero-order valence-electron chi connectivity index (χ0n) is 18.8. The molecule has 0 N–H and O–H groups in total. The molecule has 0 saturated heterocycles. The van der Waals surface area contributed by atoms with Gasteiger partial charge in [0.15, 0.2) is 0 Å². The van der Waals surface area contributed by atoms with Crippen molar-refractivity contribution in [3.8, 4) is 0 Å². The van der Waals surface area contributed by atoms with Crippen molar-refractivity contribution in [3.63, 3.8) is 0 Å². The van der Waals surface area contributed by atoms with E-state index in [9.17, 15) is 16.8 Å². The summed E-state index contributed by atoms with van der Waals surface area (Å²) in [6, 6.07) is 19.4. The minimum atomic E-state index is -3.93. The van der Waals surface area contributed by atoms with Crippen LogP contribution in [0, 0.1) is 27.0 Å². The highest BCUT2D eigenvalue weighted by Crippen LogP contribution is 2.26. The summed E-state index contributed by atoms with van der Waals surface area (Å²) in [5, 5.41) is -2.73. The smallest absolute Gasteiger partial charge is 0.296 e. The molecular formula is C26H24N2O4S2. The van der Waals surface area contributed by atoms with Crippen molar-refractivity contribution in [2.45, 2.75) is 47.2 Å². The molecule has 0 aromatic heterocycles. The zero-order chi connectivity index (χ0) is 24.9. The van der Waals surface area contributed by atoms with Gasteiger partial charge in [0, 0.05) is 0 Å². The molecule has 3 aromatic carbocycles. The second-order valence-corrected chi connectivity index (χ2v) is 12.3. The van der Waals surface area contributed by atoms with Gasteiger partial charge in [0.05, 0.1) is 22.6 Å². The molecule has 0 aliphatic heterocycles. The Morgan fingerprint density at radius 3 is 1.24 bits per heavy atom. The van der Waals surface area contributed by atoms with Gasteiger partial charge in [-0.1, -0.05) is 59.7 Å². The van der Waals surface area contributed by atoms with E-state index >= 15 is 0 Å². The van der Waals surface area contributed by atoms with E-state index in [2.05, 4.69) is 9.69 Å². The fourth-order valence-corrected chi connectivity index (χ4v) is 6.29. The summed E-state index contributed by atoms with van der Waals surface area (Å²) in [5.41, 5.74) is 2.88. The first-order valence-corrected chi connectivity index (χ1v) is 13.6. The van der Waals surface area contributed by atoms with Gasteiger partial charge in [-0.05, 0) is 49.2 Å². The van der Waals surface area contributed by atoms with Crippen LogP contribution in [0.15, 0.2) is 82.6 Å². The molecule has 3 rings (SSSR count). The Morgan fingerprint density at radius 2 is 0.941 bits per heavy atom. The van der Waals surface area contributed by atoms with E-state index in [1.165, 1.54) is 24.3 Å². The first kappa shape index (κ1) is 25.2. The Labute approximate surface area is 201 Å². The molecule has 2 atom stereocenters. The molecule has 0 saturated carbocycles. The Balaban J connectivity index is 1.92. The van der Waals surface area contributed by atoms with Crippen LogP contribution in [-0.4, -0.2) is 27.6 Å². The normalized spacial score (nSPS) is 13.4. The van der Waals surface area contributed by atoms with E-state index in [-0.39, 0.29) is 22.6 Å². The Bertz CT molecular complexity index is 1350. The summed E-state index contributed by atoms with van der Waals surface area (Å²) >= 11 is 0. The van der Waals surface area contributed by atoms with Gasteiger partial charge in [0.25, 0.3) is 19.7 Å². The highest BCUT2D eigenvalue weighted by molar-refractivity contribution is 7.92. The van der Waals surface area contributed by atoms with Crippen LogP contribution < -0.4 is 0 Å². The number of rotatable bonds is 8. The fraction of sp³-hybridized carbons (Fsp3) is 0.231. The van der Waals surface area contributed by atoms with Crippen LogP contribution in [0.3, 0.4) is 0 Å². The molecule has 0 spiro atoms. The van der Waals surface area contributed by atoms with Gasteiger partial charge in [-0.3, -0.25) is 9.69 Å². The molecule has 0 heterocycles. The van der Waals surface area contributed by atoms with Crippen molar-refractivity contribution < 1.29 is 16.8 Å². The summed E-state index contributed by atoms with van der Waals surface area (Å²) < 4.78 is 52.3. The number of aryl methyl sites for hydroxylation is 2. The molecule has 0 amide bonds. The van der Waals surface area contributed by atoms with Crippen molar-refractivity contribution in [2.75, 3.05) is 0 Å². The van der Waals surface area contributed by atoms with Crippen molar-refractivity contribution >= 4 is 19.7 Å². The molecule has 174 valence electrons. The van der Waals surface area contributed by atoms with Crippen LogP contribution in [-0.2, 0) is 32.5 Å². The minimum Gasteiger partial charge on any atom is -0.296 e. The van der Waals surface area contributed by atoms with Gasteiger partial charge in [0.2, 0.25) is 0 Å². The summed E-state index contributed by atoms with van der Waals surface area (Å²) in [6.07, 6.45) is -0.212. The summed E-state index contributed by atoms with van der Waals surface area (Å²) in [4.78, 5) is 6.90. The molecule has 8 heteroatoms. The van der Waals surface area contributed by atoms with Crippen LogP contribution >= 0.6 is 0 Å². The first-order chi connectivity index (χ1) is 16.1.